The largest absolute Gasteiger partial charge is 0.496 e. The van der Waals surface area contributed by atoms with Gasteiger partial charge in [0.1, 0.15) is 22.6 Å². The lowest BCUT2D eigenvalue weighted by molar-refractivity contribution is 0.0682. The molecule has 0 spiro atoms. The maximum Gasteiger partial charge on any atom is 0.339 e. The summed E-state index contributed by atoms with van der Waals surface area (Å²) < 4.78 is 11.5. The molecule has 0 atom stereocenters. The summed E-state index contributed by atoms with van der Waals surface area (Å²) >= 11 is 8.21. The molecule has 0 heterocycles. The fraction of sp³-hybridized carbons (Fsp3) is 0.103. The number of carboxylic acid groups (broad SMARTS) is 2. The first-order valence-corrected chi connectivity index (χ1v) is 12.4. The summed E-state index contributed by atoms with van der Waals surface area (Å²) in [5.74, 6) is -1.82. The first-order chi connectivity index (χ1) is 17.7. The minimum absolute atomic E-state index is 0.00151. The van der Waals surface area contributed by atoms with Gasteiger partial charge in [0.15, 0.2) is 0 Å². The number of fused-ring (bicyclic) bond motifs is 3. The van der Waals surface area contributed by atoms with E-state index in [1.54, 1.807) is 24.3 Å². The quantitative estimate of drug-likeness (QED) is 0.199. The molecular weight excluding hydrogens is 556 g/mol. The van der Waals surface area contributed by atoms with Crippen molar-refractivity contribution in [2.75, 3.05) is 14.2 Å². The van der Waals surface area contributed by atoms with Gasteiger partial charge in [-0.2, -0.15) is 0 Å². The van der Waals surface area contributed by atoms with E-state index in [0.717, 1.165) is 26.7 Å². The van der Waals surface area contributed by atoms with E-state index < -0.39 is 17.4 Å². The monoisotopic (exact) mass is 576 g/mol. The van der Waals surface area contributed by atoms with Crippen LogP contribution >= 0.6 is 28.6 Å². The van der Waals surface area contributed by atoms with Gasteiger partial charge in [-0.15, -0.1) is 12.6 Å². The number of aromatic carboxylic acids is 2. The Balaban J connectivity index is 1.99. The molecular formula is C29H21BrO6S. The Hall–Kier alpha value is -3.75. The van der Waals surface area contributed by atoms with Crippen LogP contribution in [0.25, 0.3) is 11.1 Å². The van der Waals surface area contributed by atoms with Crippen molar-refractivity contribution < 1.29 is 29.3 Å². The van der Waals surface area contributed by atoms with E-state index in [9.17, 15) is 19.8 Å². The lowest BCUT2D eigenvalue weighted by Gasteiger charge is -2.34. The second-order valence-electron chi connectivity index (χ2n) is 8.61. The second kappa shape index (κ2) is 9.28. The smallest absolute Gasteiger partial charge is 0.339 e. The number of carbonyl (C=O) groups is 2. The molecule has 0 fully saturated rings. The van der Waals surface area contributed by atoms with Crippen LogP contribution < -0.4 is 9.47 Å². The number of rotatable bonds is 6. The van der Waals surface area contributed by atoms with Gasteiger partial charge >= 0.3 is 11.9 Å². The predicted molar refractivity (Wildman–Crippen MR) is 146 cm³/mol. The number of thiol groups is 1. The Morgan fingerprint density at radius 3 is 1.70 bits per heavy atom. The lowest BCUT2D eigenvalue weighted by Crippen LogP contribution is -2.29. The Morgan fingerprint density at radius 2 is 1.22 bits per heavy atom. The average Bonchev–Trinajstić information content (AvgIpc) is 3.17. The van der Waals surface area contributed by atoms with Crippen LogP contribution in [0.1, 0.15) is 43.0 Å². The van der Waals surface area contributed by atoms with Gasteiger partial charge in [0.2, 0.25) is 0 Å². The SMILES string of the molecule is COc1ccc(C2(c3ccc(OC)c(C(=O)O)c3)c3cc(S)ccc3-c3ccc(Br)cc32)cc1C(=O)O. The summed E-state index contributed by atoms with van der Waals surface area (Å²) in [4.78, 5) is 25.2. The predicted octanol–water partition coefficient (Wildman–Crippen LogP) is 6.51. The third kappa shape index (κ3) is 3.79. The summed E-state index contributed by atoms with van der Waals surface area (Å²) in [7, 11) is 2.84. The van der Waals surface area contributed by atoms with Crippen LogP contribution in [-0.4, -0.2) is 36.4 Å². The number of ether oxygens (including phenoxy) is 2. The molecule has 0 bridgehead atoms. The first kappa shape index (κ1) is 24.9. The molecule has 0 aromatic heterocycles. The molecule has 0 aliphatic heterocycles. The van der Waals surface area contributed by atoms with Gasteiger partial charge < -0.3 is 19.7 Å². The van der Waals surface area contributed by atoms with E-state index in [1.165, 1.54) is 14.2 Å². The van der Waals surface area contributed by atoms with E-state index in [2.05, 4.69) is 28.6 Å². The van der Waals surface area contributed by atoms with Crippen molar-refractivity contribution in [3.8, 4) is 22.6 Å². The van der Waals surface area contributed by atoms with Crippen LogP contribution in [0.3, 0.4) is 0 Å². The first-order valence-electron chi connectivity index (χ1n) is 11.2. The maximum absolute atomic E-state index is 12.2. The highest BCUT2D eigenvalue weighted by atomic mass is 79.9. The van der Waals surface area contributed by atoms with Crippen LogP contribution in [0, 0.1) is 0 Å². The summed E-state index contributed by atoms with van der Waals surface area (Å²) in [6.45, 7) is 0. The Morgan fingerprint density at radius 1 is 0.730 bits per heavy atom. The summed E-state index contributed by atoms with van der Waals surface area (Å²) in [5, 5.41) is 20.0. The molecule has 186 valence electrons. The molecule has 1 aliphatic carbocycles. The molecule has 4 aromatic rings. The van der Waals surface area contributed by atoms with Crippen molar-refractivity contribution >= 4 is 40.5 Å². The second-order valence-corrected chi connectivity index (χ2v) is 10.0. The molecule has 4 aromatic carbocycles. The molecule has 0 saturated heterocycles. The molecule has 6 nitrogen and oxygen atoms in total. The minimum Gasteiger partial charge on any atom is -0.496 e. The standard InChI is InChI=1S/C29H21BrO6S/c1-35-25-9-3-15(11-21(25)27(31)32)29(16-4-10-26(36-2)22(12-16)28(33)34)23-13-17(30)5-7-19(23)20-8-6-18(37)14-24(20)29/h3-14,37H,1-2H3,(H,31,32)(H,33,34). The molecule has 8 heteroatoms. The fourth-order valence-electron chi connectivity index (χ4n) is 5.29. The Labute approximate surface area is 227 Å². The Kier molecular flexibility index (Phi) is 6.25. The molecule has 1 aliphatic rings. The Bertz CT molecular complexity index is 1480. The number of halogens is 1. The highest BCUT2D eigenvalue weighted by Crippen LogP contribution is 2.57. The molecule has 0 radical (unpaired) electrons. The zero-order valence-electron chi connectivity index (χ0n) is 19.8. The highest BCUT2D eigenvalue weighted by molar-refractivity contribution is 9.10. The van der Waals surface area contributed by atoms with Gasteiger partial charge in [-0.3, -0.25) is 0 Å². The highest BCUT2D eigenvalue weighted by Gasteiger charge is 2.47. The minimum atomic E-state index is -1.13. The van der Waals surface area contributed by atoms with Crippen molar-refractivity contribution in [2.24, 2.45) is 0 Å². The molecule has 0 amide bonds. The molecule has 0 saturated carbocycles. The normalized spacial score (nSPS) is 13.0. The third-order valence-corrected chi connectivity index (χ3v) is 7.58. The van der Waals surface area contributed by atoms with Gasteiger partial charge in [-0.1, -0.05) is 40.2 Å². The number of benzene rings is 4. The number of hydrogen-bond donors (Lipinski definition) is 3. The van der Waals surface area contributed by atoms with Crippen LogP contribution in [0.2, 0.25) is 0 Å². The van der Waals surface area contributed by atoms with E-state index in [4.69, 9.17) is 9.47 Å². The van der Waals surface area contributed by atoms with Crippen molar-refractivity contribution in [1.82, 2.24) is 0 Å². The van der Waals surface area contributed by atoms with Gasteiger partial charge in [-0.25, -0.2) is 9.59 Å². The van der Waals surface area contributed by atoms with Crippen molar-refractivity contribution in [1.29, 1.82) is 0 Å². The van der Waals surface area contributed by atoms with Crippen LogP contribution in [0.15, 0.2) is 82.2 Å². The van der Waals surface area contributed by atoms with Crippen LogP contribution in [-0.2, 0) is 5.41 Å². The van der Waals surface area contributed by atoms with Crippen molar-refractivity contribution in [3.63, 3.8) is 0 Å². The van der Waals surface area contributed by atoms with Gasteiger partial charge in [0.05, 0.1) is 19.6 Å². The molecule has 5 rings (SSSR count). The molecule has 0 unspecified atom stereocenters. The van der Waals surface area contributed by atoms with E-state index in [-0.39, 0.29) is 22.6 Å². The van der Waals surface area contributed by atoms with E-state index >= 15 is 0 Å². The van der Waals surface area contributed by atoms with E-state index in [1.807, 2.05) is 48.5 Å². The topological polar surface area (TPSA) is 93.1 Å². The van der Waals surface area contributed by atoms with Crippen LogP contribution in [0.5, 0.6) is 11.5 Å². The lowest BCUT2D eigenvalue weighted by atomic mass is 9.67. The number of methoxy groups -OCH3 is 2. The van der Waals surface area contributed by atoms with Gasteiger partial charge in [0, 0.05) is 9.37 Å². The molecule has 2 N–H and O–H groups in total. The summed E-state index contributed by atoms with van der Waals surface area (Å²) in [6, 6.07) is 21.8. The van der Waals surface area contributed by atoms with Crippen LogP contribution in [0.4, 0.5) is 0 Å². The van der Waals surface area contributed by atoms with Gasteiger partial charge in [-0.05, 0) is 81.9 Å². The third-order valence-electron chi connectivity index (χ3n) is 6.81. The van der Waals surface area contributed by atoms with Crippen molar-refractivity contribution in [2.45, 2.75) is 10.3 Å². The van der Waals surface area contributed by atoms with Crippen molar-refractivity contribution in [3.05, 3.63) is 111 Å². The van der Waals surface area contributed by atoms with E-state index in [0.29, 0.717) is 16.0 Å². The zero-order chi connectivity index (χ0) is 26.5. The summed E-state index contributed by atoms with van der Waals surface area (Å²) in [6.07, 6.45) is 0. The fourth-order valence-corrected chi connectivity index (χ4v) is 5.85. The maximum atomic E-state index is 12.2. The average molecular weight is 577 g/mol. The zero-order valence-corrected chi connectivity index (χ0v) is 22.3. The number of hydrogen-bond acceptors (Lipinski definition) is 5. The summed E-state index contributed by atoms with van der Waals surface area (Å²) in [5.41, 5.74) is 3.85. The molecule has 37 heavy (non-hydrogen) atoms. The van der Waals surface area contributed by atoms with Gasteiger partial charge in [0.25, 0.3) is 0 Å². The number of carboxylic acids is 2.